The number of methoxy groups -OCH3 is 1. The molecule has 6 heteroatoms. The molecule has 2 amide bonds. The van der Waals surface area contributed by atoms with E-state index in [0.29, 0.717) is 11.4 Å². The third kappa shape index (κ3) is 5.04. The average molecular weight is 319 g/mol. The normalized spacial score (nSPS) is 22.2. The van der Waals surface area contributed by atoms with Crippen LogP contribution in [0.3, 0.4) is 0 Å². The minimum Gasteiger partial charge on any atom is -0.372 e. The first kappa shape index (κ1) is 17.4. The van der Waals surface area contributed by atoms with E-state index in [4.69, 9.17) is 10.5 Å². The largest absolute Gasteiger partial charge is 0.372 e. The Morgan fingerprint density at radius 1 is 1.26 bits per heavy atom. The van der Waals surface area contributed by atoms with Gasteiger partial charge in [0.05, 0.1) is 0 Å². The first-order valence-corrected chi connectivity index (χ1v) is 7.99. The van der Waals surface area contributed by atoms with E-state index < -0.39 is 6.10 Å². The summed E-state index contributed by atoms with van der Waals surface area (Å²) in [4.78, 5) is 24.2. The fraction of sp³-hybridized carbons (Fsp3) is 0.529. The number of amides is 2. The Morgan fingerprint density at radius 2 is 1.96 bits per heavy atom. The Labute approximate surface area is 136 Å². The molecule has 0 spiro atoms. The lowest BCUT2D eigenvalue weighted by Crippen LogP contribution is -2.34. The predicted octanol–water partition coefficient (Wildman–Crippen LogP) is 2.12. The Hall–Kier alpha value is -1.92. The Kier molecular flexibility index (Phi) is 6.12. The van der Waals surface area contributed by atoms with E-state index in [2.05, 4.69) is 10.6 Å². The van der Waals surface area contributed by atoms with Gasteiger partial charge in [0.15, 0.2) is 0 Å². The van der Waals surface area contributed by atoms with Crippen LogP contribution in [0.2, 0.25) is 0 Å². The van der Waals surface area contributed by atoms with Crippen LogP contribution in [0.1, 0.15) is 32.6 Å². The molecule has 1 aliphatic carbocycles. The molecule has 0 bridgehead atoms. The van der Waals surface area contributed by atoms with E-state index in [1.165, 1.54) is 7.11 Å². The van der Waals surface area contributed by atoms with E-state index in [1.807, 2.05) is 0 Å². The molecule has 3 atom stereocenters. The zero-order chi connectivity index (χ0) is 16.8. The molecular weight excluding hydrogens is 294 g/mol. The molecule has 6 nitrogen and oxygen atoms in total. The van der Waals surface area contributed by atoms with Crippen molar-refractivity contribution in [3.8, 4) is 0 Å². The maximum atomic E-state index is 12.3. The monoisotopic (exact) mass is 319 g/mol. The minimum atomic E-state index is -0.531. The number of benzene rings is 1. The SMILES string of the molecule is COC(C)C(=O)Nc1cccc(NC(=O)C2CCCC(N)C2)c1. The van der Waals surface area contributed by atoms with Crippen molar-refractivity contribution in [1.29, 1.82) is 0 Å². The molecule has 1 fully saturated rings. The van der Waals surface area contributed by atoms with Crippen LogP contribution in [-0.4, -0.2) is 31.1 Å². The van der Waals surface area contributed by atoms with Crippen LogP contribution < -0.4 is 16.4 Å². The minimum absolute atomic E-state index is 0.00566. The molecule has 0 aromatic heterocycles. The van der Waals surface area contributed by atoms with Crippen LogP contribution >= 0.6 is 0 Å². The van der Waals surface area contributed by atoms with Crippen LogP contribution in [0, 0.1) is 5.92 Å². The van der Waals surface area contributed by atoms with Gasteiger partial charge < -0.3 is 21.1 Å². The van der Waals surface area contributed by atoms with E-state index >= 15 is 0 Å². The summed E-state index contributed by atoms with van der Waals surface area (Å²) in [6.45, 7) is 1.67. The number of hydrogen-bond acceptors (Lipinski definition) is 4. The summed E-state index contributed by atoms with van der Waals surface area (Å²) >= 11 is 0. The van der Waals surface area contributed by atoms with Crippen molar-refractivity contribution in [2.24, 2.45) is 11.7 Å². The van der Waals surface area contributed by atoms with Crippen molar-refractivity contribution in [3.63, 3.8) is 0 Å². The molecule has 0 saturated heterocycles. The second-order valence-electron chi connectivity index (χ2n) is 6.06. The Morgan fingerprint density at radius 3 is 2.61 bits per heavy atom. The number of nitrogens with two attached hydrogens (primary N) is 1. The van der Waals surface area contributed by atoms with Crippen molar-refractivity contribution in [2.45, 2.75) is 44.8 Å². The topological polar surface area (TPSA) is 93.5 Å². The van der Waals surface area contributed by atoms with Gasteiger partial charge >= 0.3 is 0 Å². The Bertz CT molecular complexity index is 562. The molecule has 1 aromatic rings. The zero-order valence-electron chi connectivity index (χ0n) is 13.7. The summed E-state index contributed by atoms with van der Waals surface area (Å²) in [6.07, 6.45) is 3.05. The highest BCUT2D eigenvalue weighted by Gasteiger charge is 2.25. The first-order chi connectivity index (χ1) is 11.0. The van der Waals surface area contributed by atoms with Crippen LogP contribution in [0.4, 0.5) is 11.4 Å². The molecule has 1 saturated carbocycles. The number of anilines is 2. The van der Waals surface area contributed by atoms with Crippen molar-refractivity contribution in [3.05, 3.63) is 24.3 Å². The third-order valence-electron chi connectivity index (χ3n) is 4.21. The molecule has 4 N–H and O–H groups in total. The maximum absolute atomic E-state index is 12.3. The van der Waals surface area contributed by atoms with Gasteiger partial charge in [-0.05, 0) is 44.4 Å². The summed E-state index contributed by atoms with van der Waals surface area (Å²) in [6, 6.07) is 7.21. The predicted molar refractivity (Wildman–Crippen MR) is 90.1 cm³/mol. The molecule has 23 heavy (non-hydrogen) atoms. The van der Waals surface area contributed by atoms with Crippen molar-refractivity contribution < 1.29 is 14.3 Å². The summed E-state index contributed by atoms with van der Waals surface area (Å²) in [7, 11) is 1.48. The molecule has 2 rings (SSSR count). The second-order valence-corrected chi connectivity index (χ2v) is 6.06. The standard InChI is InChI=1S/C17H25N3O3/c1-11(23-2)16(21)19-14-7-4-8-15(10-14)20-17(22)12-5-3-6-13(18)9-12/h4,7-8,10-13H,3,5-6,9,18H2,1-2H3,(H,19,21)(H,20,22). The van der Waals surface area contributed by atoms with Gasteiger partial charge in [0.2, 0.25) is 5.91 Å². The highest BCUT2D eigenvalue weighted by molar-refractivity contribution is 5.96. The number of carbonyl (C=O) groups is 2. The average Bonchev–Trinajstić information content (AvgIpc) is 2.54. The van der Waals surface area contributed by atoms with Crippen molar-refractivity contribution in [2.75, 3.05) is 17.7 Å². The lowest BCUT2D eigenvalue weighted by molar-refractivity contribution is -0.124. The summed E-state index contributed by atoms with van der Waals surface area (Å²) in [5.74, 6) is -0.270. The highest BCUT2D eigenvalue weighted by Crippen LogP contribution is 2.25. The molecule has 1 aromatic carbocycles. The molecule has 0 radical (unpaired) electrons. The number of rotatable bonds is 5. The van der Waals surface area contributed by atoms with Crippen LogP contribution in [0.25, 0.3) is 0 Å². The fourth-order valence-corrected chi connectivity index (χ4v) is 2.74. The quantitative estimate of drug-likeness (QED) is 0.775. The molecule has 0 heterocycles. The zero-order valence-corrected chi connectivity index (χ0v) is 13.7. The van der Waals surface area contributed by atoms with Gasteiger partial charge in [0.25, 0.3) is 5.91 Å². The van der Waals surface area contributed by atoms with Crippen LogP contribution in [0.5, 0.6) is 0 Å². The summed E-state index contributed by atoms with van der Waals surface area (Å²) in [5.41, 5.74) is 7.22. The highest BCUT2D eigenvalue weighted by atomic mass is 16.5. The molecule has 0 aliphatic heterocycles. The number of nitrogens with one attached hydrogen (secondary N) is 2. The van der Waals surface area contributed by atoms with Gasteiger partial charge in [-0.25, -0.2) is 0 Å². The maximum Gasteiger partial charge on any atom is 0.253 e. The summed E-state index contributed by atoms with van der Waals surface area (Å²) in [5, 5.41) is 5.67. The smallest absolute Gasteiger partial charge is 0.253 e. The van der Waals surface area contributed by atoms with E-state index in [-0.39, 0.29) is 23.8 Å². The van der Waals surface area contributed by atoms with E-state index in [0.717, 1.165) is 25.7 Å². The van der Waals surface area contributed by atoms with Crippen LogP contribution in [-0.2, 0) is 14.3 Å². The lowest BCUT2D eigenvalue weighted by Gasteiger charge is -2.25. The molecule has 126 valence electrons. The third-order valence-corrected chi connectivity index (χ3v) is 4.21. The molecular formula is C17H25N3O3. The van der Waals surface area contributed by atoms with Gasteiger partial charge in [-0.1, -0.05) is 12.5 Å². The number of ether oxygens (including phenoxy) is 1. The van der Waals surface area contributed by atoms with Crippen molar-refractivity contribution >= 4 is 23.2 Å². The number of carbonyl (C=O) groups excluding carboxylic acids is 2. The van der Waals surface area contributed by atoms with Gasteiger partial charge in [0, 0.05) is 30.4 Å². The van der Waals surface area contributed by atoms with Gasteiger partial charge in [0.1, 0.15) is 6.10 Å². The van der Waals surface area contributed by atoms with E-state index in [9.17, 15) is 9.59 Å². The number of hydrogen-bond donors (Lipinski definition) is 3. The van der Waals surface area contributed by atoms with Gasteiger partial charge in [-0.2, -0.15) is 0 Å². The van der Waals surface area contributed by atoms with Crippen LogP contribution in [0.15, 0.2) is 24.3 Å². The second kappa shape index (κ2) is 8.08. The van der Waals surface area contributed by atoms with Gasteiger partial charge in [-0.15, -0.1) is 0 Å². The molecule has 1 aliphatic rings. The molecule has 3 unspecified atom stereocenters. The lowest BCUT2D eigenvalue weighted by atomic mass is 9.85. The van der Waals surface area contributed by atoms with Crippen molar-refractivity contribution in [1.82, 2.24) is 0 Å². The summed E-state index contributed by atoms with van der Waals surface area (Å²) < 4.78 is 4.97. The first-order valence-electron chi connectivity index (χ1n) is 7.99. The van der Waals surface area contributed by atoms with Gasteiger partial charge in [-0.3, -0.25) is 9.59 Å². The Balaban J connectivity index is 1.96. The fourth-order valence-electron chi connectivity index (χ4n) is 2.74. The van der Waals surface area contributed by atoms with E-state index in [1.54, 1.807) is 31.2 Å².